The molecule has 2 aromatic heterocycles. The Balaban J connectivity index is 2.12. The Morgan fingerprint density at radius 2 is 1.92 bits per heavy atom. The standard InChI is InChI=1S/C21H25N5/c1-20(2,3)14-21(4,5)25-18-17(16-9-6-8-15(12-16)13-22)24-19-23-10-7-11-26(18)19/h6-12,25H,14H2,1-5H3. The van der Waals surface area contributed by atoms with Crippen molar-refractivity contribution >= 4 is 11.6 Å². The second-order valence-electron chi connectivity index (χ2n) is 8.54. The van der Waals surface area contributed by atoms with Crippen molar-refractivity contribution in [2.24, 2.45) is 5.41 Å². The molecule has 0 bridgehead atoms. The molecule has 0 fully saturated rings. The van der Waals surface area contributed by atoms with Crippen LogP contribution in [0.25, 0.3) is 17.0 Å². The van der Waals surface area contributed by atoms with Gasteiger partial charge >= 0.3 is 0 Å². The van der Waals surface area contributed by atoms with E-state index in [1.54, 1.807) is 12.3 Å². The third kappa shape index (κ3) is 3.85. The number of anilines is 1. The Hall–Kier alpha value is -2.87. The van der Waals surface area contributed by atoms with Crippen molar-refractivity contribution in [3.8, 4) is 17.3 Å². The lowest BCUT2D eigenvalue weighted by Crippen LogP contribution is -2.36. The summed E-state index contributed by atoms with van der Waals surface area (Å²) in [6.45, 7) is 11.1. The maximum atomic E-state index is 9.23. The molecular weight excluding hydrogens is 322 g/mol. The van der Waals surface area contributed by atoms with Crippen LogP contribution in [0.2, 0.25) is 0 Å². The smallest absolute Gasteiger partial charge is 0.235 e. The van der Waals surface area contributed by atoms with Gasteiger partial charge in [0, 0.05) is 23.5 Å². The lowest BCUT2D eigenvalue weighted by molar-refractivity contribution is 0.302. The third-order valence-electron chi connectivity index (χ3n) is 4.10. The molecule has 1 aromatic carbocycles. The van der Waals surface area contributed by atoms with E-state index in [0.29, 0.717) is 11.3 Å². The molecule has 0 spiro atoms. The van der Waals surface area contributed by atoms with Gasteiger partial charge in [0.15, 0.2) is 0 Å². The van der Waals surface area contributed by atoms with Crippen LogP contribution >= 0.6 is 0 Å². The van der Waals surface area contributed by atoms with Crippen LogP contribution in [0, 0.1) is 16.7 Å². The van der Waals surface area contributed by atoms with Gasteiger partial charge in [-0.15, -0.1) is 0 Å². The summed E-state index contributed by atoms with van der Waals surface area (Å²) in [6.07, 6.45) is 4.69. The van der Waals surface area contributed by atoms with E-state index < -0.39 is 0 Å². The van der Waals surface area contributed by atoms with Crippen molar-refractivity contribution in [2.45, 2.75) is 46.6 Å². The van der Waals surface area contributed by atoms with E-state index >= 15 is 0 Å². The summed E-state index contributed by atoms with van der Waals surface area (Å²) in [5, 5.41) is 12.9. The molecule has 3 rings (SSSR count). The SMILES string of the molecule is CC(C)(C)CC(C)(C)Nc1c(-c2cccc(C#N)c2)nc2ncccn12. The maximum absolute atomic E-state index is 9.23. The van der Waals surface area contributed by atoms with Crippen molar-refractivity contribution in [3.05, 3.63) is 48.3 Å². The highest BCUT2D eigenvalue weighted by molar-refractivity contribution is 5.76. The molecule has 26 heavy (non-hydrogen) atoms. The fraction of sp³-hybridized carbons (Fsp3) is 0.381. The second kappa shape index (κ2) is 6.45. The van der Waals surface area contributed by atoms with Crippen LogP contribution in [-0.4, -0.2) is 19.9 Å². The minimum absolute atomic E-state index is 0.133. The number of fused-ring (bicyclic) bond motifs is 1. The van der Waals surface area contributed by atoms with E-state index in [9.17, 15) is 5.26 Å². The van der Waals surface area contributed by atoms with Crippen LogP contribution in [0.1, 0.15) is 46.6 Å². The first-order chi connectivity index (χ1) is 12.2. The van der Waals surface area contributed by atoms with Crippen LogP contribution in [0.5, 0.6) is 0 Å². The average molecular weight is 347 g/mol. The van der Waals surface area contributed by atoms with Crippen molar-refractivity contribution in [1.29, 1.82) is 5.26 Å². The molecule has 5 nitrogen and oxygen atoms in total. The Morgan fingerprint density at radius 3 is 2.62 bits per heavy atom. The van der Waals surface area contributed by atoms with Crippen LogP contribution in [0.15, 0.2) is 42.7 Å². The first-order valence-corrected chi connectivity index (χ1v) is 8.80. The summed E-state index contributed by atoms with van der Waals surface area (Å²) in [6, 6.07) is 11.6. The lowest BCUT2D eigenvalue weighted by Gasteiger charge is -2.34. The molecule has 0 atom stereocenters. The highest BCUT2D eigenvalue weighted by Crippen LogP contribution is 2.34. The molecule has 0 unspecified atom stereocenters. The summed E-state index contributed by atoms with van der Waals surface area (Å²) in [5.74, 6) is 1.54. The number of aromatic nitrogens is 3. The predicted molar refractivity (Wildman–Crippen MR) is 105 cm³/mol. The molecule has 5 heteroatoms. The number of hydrogen-bond acceptors (Lipinski definition) is 4. The van der Waals surface area contributed by atoms with Crippen molar-refractivity contribution in [3.63, 3.8) is 0 Å². The lowest BCUT2D eigenvalue weighted by atomic mass is 9.82. The van der Waals surface area contributed by atoms with Crippen molar-refractivity contribution in [1.82, 2.24) is 14.4 Å². The van der Waals surface area contributed by atoms with Crippen molar-refractivity contribution < 1.29 is 0 Å². The molecule has 0 saturated heterocycles. The Bertz CT molecular complexity index is 970. The number of rotatable bonds is 4. The quantitative estimate of drug-likeness (QED) is 0.729. The Labute approximate surface area is 154 Å². The van der Waals surface area contributed by atoms with Gasteiger partial charge in [0.05, 0.1) is 11.6 Å². The van der Waals surface area contributed by atoms with Gasteiger partial charge in [-0.25, -0.2) is 9.97 Å². The van der Waals surface area contributed by atoms with Crippen LogP contribution in [0.3, 0.4) is 0 Å². The molecule has 0 radical (unpaired) electrons. The average Bonchev–Trinajstić information content (AvgIpc) is 2.91. The van der Waals surface area contributed by atoms with E-state index in [1.165, 1.54) is 0 Å². The Kier molecular flexibility index (Phi) is 4.45. The predicted octanol–water partition coefficient (Wildman–Crippen LogP) is 4.89. The fourth-order valence-electron chi connectivity index (χ4n) is 3.63. The van der Waals surface area contributed by atoms with E-state index in [4.69, 9.17) is 4.98 Å². The van der Waals surface area contributed by atoms with Gasteiger partial charge in [0.25, 0.3) is 0 Å². The van der Waals surface area contributed by atoms with Gasteiger partial charge in [0.2, 0.25) is 5.78 Å². The molecule has 0 aliphatic rings. The fourth-order valence-corrected chi connectivity index (χ4v) is 3.63. The first kappa shape index (κ1) is 17.9. The largest absolute Gasteiger partial charge is 0.364 e. The summed E-state index contributed by atoms with van der Waals surface area (Å²) in [5.41, 5.74) is 2.39. The number of nitrogens with one attached hydrogen (secondary N) is 1. The van der Waals surface area contributed by atoms with Gasteiger partial charge in [-0.3, -0.25) is 4.40 Å². The molecule has 2 heterocycles. The summed E-state index contributed by atoms with van der Waals surface area (Å²) in [7, 11) is 0. The first-order valence-electron chi connectivity index (χ1n) is 8.80. The molecule has 3 aromatic rings. The van der Waals surface area contributed by atoms with Gasteiger partial charge in [-0.1, -0.05) is 32.9 Å². The number of benzene rings is 1. The minimum Gasteiger partial charge on any atom is -0.364 e. The number of nitrogens with zero attached hydrogens (tertiary/aromatic N) is 4. The number of nitriles is 1. The second-order valence-corrected chi connectivity index (χ2v) is 8.54. The van der Waals surface area contributed by atoms with Crippen molar-refractivity contribution in [2.75, 3.05) is 5.32 Å². The van der Waals surface area contributed by atoms with Gasteiger partial charge in [-0.2, -0.15) is 5.26 Å². The number of imidazole rings is 1. The molecule has 0 saturated carbocycles. The van der Waals surface area contributed by atoms with E-state index in [0.717, 1.165) is 23.5 Å². The molecule has 0 aliphatic heterocycles. The van der Waals surface area contributed by atoms with Crippen LogP contribution in [-0.2, 0) is 0 Å². The van der Waals surface area contributed by atoms with E-state index in [-0.39, 0.29) is 11.0 Å². The van der Waals surface area contributed by atoms with E-state index in [1.807, 2.05) is 34.9 Å². The minimum atomic E-state index is -0.133. The van der Waals surface area contributed by atoms with E-state index in [2.05, 4.69) is 51.0 Å². The summed E-state index contributed by atoms with van der Waals surface area (Å²) >= 11 is 0. The molecular formula is C21H25N5. The molecule has 1 N–H and O–H groups in total. The van der Waals surface area contributed by atoms with Gasteiger partial charge in [-0.05, 0) is 43.9 Å². The highest BCUT2D eigenvalue weighted by Gasteiger charge is 2.28. The van der Waals surface area contributed by atoms with Crippen LogP contribution < -0.4 is 5.32 Å². The monoisotopic (exact) mass is 347 g/mol. The third-order valence-corrected chi connectivity index (χ3v) is 4.10. The summed E-state index contributed by atoms with van der Waals surface area (Å²) in [4.78, 5) is 9.10. The molecule has 0 aliphatic carbocycles. The summed E-state index contributed by atoms with van der Waals surface area (Å²) < 4.78 is 1.97. The maximum Gasteiger partial charge on any atom is 0.235 e. The zero-order valence-corrected chi connectivity index (χ0v) is 16.0. The zero-order chi connectivity index (χ0) is 18.9. The zero-order valence-electron chi connectivity index (χ0n) is 16.0. The van der Waals surface area contributed by atoms with Gasteiger partial charge in [0.1, 0.15) is 11.5 Å². The highest BCUT2D eigenvalue weighted by atomic mass is 15.2. The number of hydrogen-bond donors (Lipinski definition) is 1. The topological polar surface area (TPSA) is 66.0 Å². The van der Waals surface area contributed by atoms with Crippen LogP contribution in [0.4, 0.5) is 5.82 Å². The van der Waals surface area contributed by atoms with Gasteiger partial charge < -0.3 is 5.32 Å². The Morgan fingerprint density at radius 1 is 1.15 bits per heavy atom. The normalized spacial score (nSPS) is 12.2. The molecule has 0 amide bonds. The molecule has 134 valence electrons.